The van der Waals surface area contributed by atoms with Crippen molar-refractivity contribution in [2.45, 2.75) is 26.9 Å². The van der Waals surface area contributed by atoms with Gasteiger partial charge in [0.1, 0.15) is 12.2 Å². The first-order valence-electron chi connectivity index (χ1n) is 11.5. The summed E-state index contributed by atoms with van der Waals surface area (Å²) >= 11 is 6.53. The van der Waals surface area contributed by atoms with E-state index in [-0.39, 0.29) is 17.2 Å². The first kappa shape index (κ1) is 25.0. The molecule has 1 aliphatic heterocycles. The van der Waals surface area contributed by atoms with Gasteiger partial charge in [-0.25, -0.2) is 9.69 Å². The Balaban J connectivity index is 1.68. The maximum atomic E-state index is 13.3. The fourth-order valence-corrected chi connectivity index (χ4v) is 4.15. The molecule has 0 radical (unpaired) electrons. The van der Waals surface area contributed by atoms with Gasteiger partial charge in [-0.3, -0.25) is 14.9 Å². The fourth-order valence-electron chi connectivity index (χ4n) is 3.87. The number of ether oxygens (including phenoxy) is 2. The minimum absolute atomic E-state index is 0.197. The molecule has 0 aromatic heterocycles. The number of rotatable bonds is 8. The van der Waals surface area contributed by atoms with Crippen molar-refractivity contribution in [2.75, 3.05) is 11.5 Å². The molecule has 0 saturated carbocycles. The molecule has 4 rings (SSSR count). The molecular formula is C28H25ClN2O5. The van der Waals surface area contributed by atoms with Gasteiger partial charge in [0.2, 0.25) is 0 Å². The quantitative estimate of drug-likeness (QED) is 0.321. The van der Waals surface area contributed by atoms with Crippen LogP contribution in [0.2, 0.25) is 5.02 Å². The summed E-state index contributed by atoms with van der Waals surface area (Å²) in [4.78, 5) is 39.5. The highest BCUT2D eigenvalue weighted by Gasteiger charge is 2.37. The number of carbonyl (C=O) groups is 3. The van der Waals surface area contributed by atoms with Crippen molar-refractivity contribution in [3.05, 3.63) is 94.0 Å². The molecule has 0 aliphatic carbocycles. The van der Waals surface area contributed by atoms with Crippen molar-refractivity contribution in [2.24, 2.45) is 0 Å². The Morgan fingerprint density at radius 2 is 1.67 bits per heavy atom. The Kier molecular flexibility index (Phi) is 7.71. The summed E-state index contributed by atoms with van der Waals surface area (Å²) in [7, 11) is 0. The van der Waals surface area contributed by atoms with E-state index >= 15 is 0 Å². The number of barbiturate groups is 1. The van der Waals surface area contributed by atoms with Crippen molar-refractivity contribution in [1.82, 2.24) is 5.32 Å². The van der Waals surface area contributed by atoms with Crippen LogP contribution in [-0.2, 0) is 22.6 Å². The number of amides is 4. The molecule has 7 nitrogen and oxygen atoms in total. The van der Waals surface area contributed by atoms with Crippen LogP contribution in [0.4, 0.5) is 10.5 Å². The van der Waals surface area contributed by atoms with Gasteiger partial charge < -0.3 is 9.47 Å². The third-order valence-electron chi connectivity index (χ3n) is 5.58. The van der Waals surface area contributed by atoms with E-state index in [0.29, 0.717) is 35.8 Å². The summed E-state index contributed by atoms with van der Waals surface area (Å²) in [5, 5.41) is 2.51. The van der Waals surface area contributed by atoms with Crippen LogP contribution in [0.25, 0.3) is 6.08 Å². The molecule has 3 aromatic carbocycles. The molecule has 1 N–H and O–H groups in total. The van der Waals surface area contributed by atoms with Gasteiger partial charge in [0.25, 0.3) is 11.8 Å². The predicted molar refractivity (Wildman–Crippen MR) is 138 cm³/mol. The molecule has 184 valence electrons. The molecule has 1 aliphatic rings. The minimum atomic E-state index is -0.791. The van der Waals surface area contributed by atoms with Gasteiger partial charge in [0, 0.05) is 0 Å². The van der Waals surface area contributed by atoms with E-state index in [1.165, 1.54) is 6.08 Å². The second kappa shape index (κ2) is 11.1. The van der Waals surface area contributed by atoms with Gasteiger partial charge in [-0.2, -0.15) is 0 Å². The maximum Gasteiger partial charge on any atom is 0.335 e. The lowest BCUT2D eigenvalue weighted by Gasteiger charge is -2.28. The van der Waals surface area contributed by atoms with Gasteiger partial charge in [-0.05, 0) is 54.3 Å². The van der Waals surface area contributed by atoms with Gasteiger partial charge in [-0.1, -0.05) is 67.1 Å². The number of nitrogens with one attached hydrogen (secondary N) is 1. The van der Waals surface area contributed by atoms with E-state index in [4.69, 9.17) is 21.1 Å². The molecule has 8 heteroatoms. The average molecular weight is 505 g/mol. The van der Waals surface area contributed by atoms with Crippen molar-refractivity contribution >= 4 is 41.2 Å². The van der Waals surface area contributed by atoms with Crippen LogP contribution in [-0.4, -0.2) is 24.5 Å². The summed E-state index contributed by atoms with van der Waals surface area (Å²) in [6.07, 6.45) is 2.00. The smallest absolute Gasteiger partial charge is 0.335 e. The van der Waals surface area contributed by atoms with Crippen LogP contribution in [0.3, 0.4) is 0 Å². The number of imide groups is 2. The number of nitrogens with zero attached hydrogens (tertiary/aromatic N) is 1. The second-order valence-corrected chi connectivity index (χ2v) is 8.38. The molecule has 1 fully saturated rings. The number of para-hydroxylation sites is 1. The lowest BCUT2D eigenvalue weighted by molar-refractivity contribution is -0.122. The van der Waals surface area contributed by atoms with Gasteiger partial charge in [0.05, 0.1) is 17.3 Å². The van der Waals surface area contributed by atoms with Crippen LogP contribution in [0, 0.1) is 0 Å². The van der Waals surface area contributed by atoms with Crippen LogP contribution in [0.5, 0.6) is 11.5 Å². The number of halogens is 1. The largest absolute Gasteiger partial charge is 0.490 e. The Labute approximate surface area is 214 Å². The van der Waals surface area contributed by atoms with Gasteiger partial charge in [0.15, 0.2) is 11.5 Å². The van der Waals surface area contributed by atoms with Crippen molar-refractivity contribution in [3.63, 3.8) is 0 Å². The average Bonchev–Trinajstić information content (AvgIpc) is 2.87. The van der Waals surface area contributed by atoms with Crippen LogP contribution in [0.15, 0.2) is 72.3 Å². The zero-order valence-corrected chi connectivity index (χ0v) is 20.7. The lowest BCUT2D eigenvalue weighted by Crippen LogP contribution is -2.54. The lowest BCUT2D eigenvalue weighted by atomic mass is 10.0. The Morgan fingerprint density at radius 3 is 2.39 bits per heavy atom. The number of hydrogen-bond acceptors (Lipinski definition) is 5. The summed E-state index contributed by atoms with van der Waals surface area (Å²) in [5.41, 5.74) is 2.45. The van der Waals surface area contributed by atoms with Crippen molar-refractivity contribution < 1.29 is 23.9 Å². The van der Waals surface area contributed by atoms with Crippen LogP contribution in [0.1, 0.15) is 30.5 Å². The molecule has 1 saturated heterocycles. The van der Waals surface area contributed by atoms with Gasteiger partial charge in [-0.15, -0.1) is 0 Å². The maximum absolute atomic E-state index is 13.3. The number of hydrogen-bond donors (Lipinski definition) is 1. The molecule has 36 heavy (non-hydrogen) atoms. The van der Waals surface area contributed by atoms with E-state index in [2.05, 4.69) is 5.32 Å². The van der Waals surface area contributed by atoms with Gasteiger partial charge >= 0.3 is 6.03 Å². The first-order chi connectivity index (χ1) is 17.4. The third-order valence-corrected chi connectivity index (χ3v) is 5.86. The topological polar surface area (TPSA) is 84.9 Å². The Hall–Kier alpha value is -4.10. The summed E-state index contributed by atoms with van der Waals surface area (Å²) in [6.45, 7) is 4.39. The monoisotopic (exact) mass is 504 g/mol. The SMILES string of the molecule is CCOc1cc(/C=C2/C(=O)NC(=O)N(c3ccccc3CC)C2=O)cc(Cl)c1OCc1ccccc1. The molecule has 1 heterocycles. The molecule has 0 bridgehead atoms. The van der Waals surface area contributed by atoms with E-state index < -0.39 is 17.8 Å². The minimum Gasteiger partial charge on any atom is -0.490 e. The number of carbonyl (C=O) groups excluding carboxylic acids is 3. The summed E-state index contributed by atoms with van der Waals surface area (Å²) in [5.74, 6) is -0.768. The number of aryl methyl sites for hydroxylation is 1. The molecular weight excluding hydrogens is 480 g/mol. The normalized spacial score (nSPS) is 14.7. The zero-order valence-electron chi connectivity index (χ0n) is 19.9. The Morgan fingerprint density at radius 1 is 0.944 bits per heavy atom. The Bertz CT molecular complexity index is 1340. The van der Waals surface area contributed by atoms with E-state index in [1.54, 1.807) is 24.3 Å². The summed E-state index contributed by atoms with van der Waals surface area (Å²) < 4.78 is 11.7. The zero-order chi connectivity index (χ0) is 25.7. The highest BCUT2D eigenvalue weighted by Crippen LogP contribution is 2.38. The van der Waals surface area contributed by atoms with Crippen molar-refractivity contribution in [1.29, 1.82) is 0 Å². The predicted octanol–water partition coefficient (Wildman–Crippen LogP) is 5.55. The number of urea groups is 1. The molecule has 0 atom stereocenters. The van der Waals surface area contributed by atoms with E-state index in [9.17, 15) is 14.4 Å². The third kappa shape index (κ3) is 5.26. The summed E-state index contributed by atoms with van der Waals surface area (Å²) in [6, 6.07) is 19.1. The molecule has 0 unspecified atom stereocenters. The highest BCUT2D eigenvalue weighted by molar-refractivity contribution is 6.39. The number of benzene rings is 3. The second-order valence-electron chi connectivity index (χ2n) is 7.98. The van der Waals surface area contributed by atoms with E-state index in [1.807, 2.05) is 56.3 Å². The first-order valence-corrected chi connectivity index (χ1v) is 11.9. The van der Waals surface area contributed by atoms with E-state index in [0.717, 1.165) is 16.0 Å². The molecule has 3 aromatic rings. The molecule has 4 amide bonds. The standard InChI is InChI=1S/C28H25ClN2O5/c1-3-20-12-8-9-13-23(20)31-27(33)21(26(32)30-28(31)34)14-19-15-22(29)25(24(16-19)35-4-2)36-17-18-10-6-5-7-11-18/h5-16H,3-4,17H2,1-2H3,(H,30,32,34)/b21-14-. The van der Waals surface area contributed by atoms with Crippen molar-refractivity contribution in [3.8, 4) is 11.5 Å². The van der Waals surface area contributed by atoms with Crippen LogP contribution >= 0.6 is 11.6 Å². The molecule has 0 spiro atoms. The highest BCUT2D eigenvalue weighted by atomic mass is 35.5. The number of anilines is 1. The van der Waals surface area contributed by atoms with Crippen LogP contribution < -0.4 is 19.7 Å². The fraction of sp³-hybridized carbons (Fsp3) is 0.179.